The van der Waals surface area contributed by atoms with Gasteiger partial charge in [0.1, 0.15) is 39.2 Å². The van der Waals surface area contributed by atoms with Crippen LogP contribution >= 0.6 is 0 Å². The molecule has 0 aliphatic carbocycles. The number of hydrogen-bond acceptors (Lipinski definition) is 0. The van der Waals surface area contributed by atoms with Crippen molar-refractivity contribution in [3.63, 3.8) is 0 Å². The van der Waals surface area contributed by atoms with E-state index >= 15 is 0 Å². The van der Waals surface area contributed by atoms with E-state index in [4.69, 9.17) is 39.2 Å². The minimum atomic E-state index is 0.227. The lowest BCUT2D eigenvalue weighted by atomic mass is 9.59. The Bertz CT molecular complexity index is 826. The highest BCUT2D eigenvalue weighted by molar-refractivity contribution is 6.68. The quantitative estimate of drug-likeness (QED) is 0.527. The Morgan fingerprint density at radius 3 is 1.30 bits per heavy atom. The molecule has 0 nitrogen and oxygen atoms in total. The molecule has 0 fully saturated rings. The third kappa shape index (κ3) is 2.81. The number of benzene rings is 3. The number of hydrogen-bond donors (Lipinski definition) is 0. The van der Waals surface area contributed by atoms with Gasteiger partial charge < -0.3 is 0 Å². The molecule has 5 heteroatoms. The van der Waals surface area contributed by atoms with Crippen LogP contribution < -0.4 is 27.3 Å². The topological polar surface area (TPSA) is 0 Å². The zero-order valence-electron chi connectivity index (χ0n) is 12.6. The number of rotatable bonds is 2. The fraction of sp³-hybridized carbons (Fsp3) is 0. The lowest BCUT2D eigenvalue weighted by Gasteiger charge is -2.21. The Morgan fingerprint density at radius 2 is 0.783 bits per heavy atom. The zero-order valence-corrected chi connectivity index (χ0v) is 12.6. The summed E-state index contributed by atoms with van der Waals surface area (Å²) < 4.78 is 0. The van der Waals surface area contributed by atoms with E-state index in [0.717, 1.165) is 16.7 Å². The minimum absolute atomic E-state index is 0.227. The third-order valence-electron chi connectivity index (χ3n) is 3.98. The third-order valence-corrected chi connectivity index (χ3v) is 3.98. The van der Waals surface area contributed by atoms with Crippen LogP contribution in [0.4, 0.5) is 0 Å². The molecule has 10 radical (unpaired) electrons. The highest BCUT2D eigenvalue weighted by Gasteiger charge is 2.12. The summed E-state index contributed by atoms with van der Waals surface area (Å²) in [7, 11) is 29.9. The van der Waals surface area contributed by atoms with E-state index in [0.29, 0.717) is 16.5 Å². The van der Waals surface area contributed by atoms with Gasteiger partial charge in [0.15, 0.2) is 0 Å². The summed E-state index contributed by atoms with van der Waals surface area (Å²) in [6, 6.07) is 18.0. The summed E-state index contributed by atoms with van der Waals surface area (Å²) in [6.45, 7) is 0. The zero-order chi connectivity index (χ0) is 16.6. The summed E-state index contributed by atoms with van der Waals surface area (Å²) in [5.41, 5.74) is 5.15. The first-order chi connectivity index (χ1) is 11.0. The molecule has 0 aliphatic rings. The van der Waals surface area contributed by atoms with Crippen molar-refractivity contribution in [2.75, 3.05) is 0 Å². The van der Waals surface area contributed by atoms with Crippen molar-refractivity contribution in [2.24, 2.45) is 0 Å². The van der Waals surface area contributed by atoms with Crippen LogP contribution in [0.1, 0.15) is 0 Å². The van der Waals surface area contributed by atoms with Gasteiger partial charge in [0, 0.05) is 0 Å². The second kappa shape index (κ2) is 6.24. The van der Waals surface area contributed by atoms with Gasteiger partial charge in [-0.2, -0.15) is 0 Å². The Balaban J connectivity index is 2.11. The molecule has 23 heavy (non-hydrogen) atoms. The molecule has 0 spiro atoms. The summed E-state index contributed by atoms with van der Waals surface area (Å²) in [5.74, 6) is 0. The maximum atomic E-state index is 6.09. The average Bonchev–Trinajstić information content (AvgIpc) is 2.60. The molecule has 3 aromatic carbocycles. The van der Waals surface area contributed by atoms with E-state index in [1.54, 1.807) is 0 Å². The Labute approximate surface area is 143 Å². The van der Waals surface area contributed by atoms with Crippen molar-refractivity contribution in [2.45, 2.75) is 0 Å². The van der Waals surface area contributed by atoms with E-state index < -0.39 is 0 Å². The molecule has 0 unspecified atom stereocenters. The van der Waals surface area contributed by atoms with Crippen LogP contribution in [0, 0.1) is 0 Å². The standard InChI is InChI=1S/C18H9B5/c19-14-13(15(20)17(22)18(23)16(14)21)12-8-6-11(7-9-12)10-4-2-1-3-5-10/h1-9H. The molecule has 0 aromatic heterocycles. The molecule has 3 rings (SSSR count). The first-order valence-corrected chi connectivity index (χ1v) is 7.18. The molecule has 3 aromatic rings. The highest BCUT2D eigenvalue weighted by Crippen LogP contribution is 2.22. The van der Waals surface area contributed by atoms with Crippen LogP contribution in [0.15, 0.2) is 54.6 Å². The largest absolute Gasteiger partial charge is 0.113 e. The molecule has 0 aliphatic heterocycles. The maximum Gasteiger partial charge on any atom is 0.113 e. The van der Waals surface area contributed by atoms with Gasteiger partial charge in [-0.05, 0) is 22.3 Å². The van der Waals surface area contributed by atoms with Crippen molar-refractivity contribution < 1.29 is 0 Å². The first-order valence-electron chi connectivity index (χ1n) is 7.18. The molecule has 0 atom stereocenters. The molecule has 0 bridgehead atoms. The summed E-state index contributed by atoms with van der Waals surface area (Å²) in [5, 5.41) is 0. The van der Waals surface area contributed by atoms with Crippen LogP contribution in [0.25, 0.3) is 22.3 Å². The fourth-order valence-corrected chi connectivity index (χ4v) is 2.62. The Kier molecular flexibility index (Phi) is 4.30. The minimum Gasteiger partial charge on any atom is -0.112 e. The monoisotopic (exact) mass is 280 g/mol. The maximum absolute atomic E-state index is 6.09. The van der Waals surface area contributed by atoms with Gasteiger partial charge in [-0.3, -0.25) is 0 Å². The van der Waals surface area contributed by atoms with Crippen LogP contribution in [-0.4, -0.2) is 39.2 Å². The molecular weight excluding hydrogens is 270 g/mol. The molecule has 0 amide bonds. The normalized spacial score (nSPS) is 10.6. The van der Waals surface area contributed by atoms with Crippen molar-refractivity contribution in [3.05, 3.63) is 54.6 Å². The van der Waals surface area contributed by atoms with E-state index in [1.165, 1.54) is 0 Å². The van der Waals surface area contributed by atoms with Gasteiger partial charge >= 0.3 is 0 Å². The molecule has 0 saturated carbocycles. The summed E-state index contributed by atoms with van der Waals surface area (Å²) >= 11 is 0. The van der Waals surface area contributed by atoms with Crippen molar-refractivity contribution >= 4 is 66.5 Å². The van der Waals surface area contributed by atoms with Crippen molar-refractivity contribution in [1.82, 2.24) is 0 Å². The molecule has 0 heterocycles. The van der Waals surface area contributed by atoms with Crippen molar-refractivity contribution in [1.29, 1.82) is 0 Å². The molecule has 96 valence electrons. The van der Waals surface area contributed by atoms with Gasteiger partial charge in [-0.25, -0.2) is 0 Å². The van der Waals surface area contributed by atoms with E-state index in [9.17, 15) is 0 Å². The van der Waals surface area contributed by atoms with Crippen LogP contribution in [-0.2, 0) is 0 Å². The smallest absolute Gasteiger partial charge is 0.112 e. The van der Waals surface area contributed by atoms with Crippen LogP contribution in [0.2, 0.25) is 0 Å². The van der Waals surface area contributed by atoms with E-state index in [1.807, 2.05) is 42.5 Å². The molecule has 0 saturated heterocycles. The lowest BCUT2D eigenvalue weighted by molar-refractivity contribution is 1.61. The summed E-state index contributed by atoms with van der Waals surface area (Å²) in [6.07, 6.45) is 0. The van der Waals surface area contributed by atoms with E-state index in [-0.39, 0.29) is 16.4 Å². The highest BCUT2D eigenvalue weighted by atomic mass is 14.1. The molecule has 0 N–H and O–H groups in total. The van der Waals surface area contributed by atoms with E-state index in [2.05, 4.69) is 12.1 Å². The van der Waals surface area contributed by atoms with Crippen molar-refractivity contribution in [3.8, 4) is 22.3 Å². The van der Waals surface area contributed by atoms with Gasteiger partial charge in [-0.15, -0.1) is 16.4 Å². The first kappa shape index (κ1) is 15.9. The van der Waals surface area contributed by atoms with Gasteiger partial charge in [0.2, 0.25) is 0 Å². The predicted molar refractivity (Wildman–Crippen MR) is 104 cm³/mol. The SMILES string of the molecule is [B]c1c([B])c([B])c(-c2ccc(-c3ccccc3)cc2)c([B])c1[B]. The fourth-order valence-electron chi connectivity index (χ4n) is 2.62. The summed E-state index contributed by atoms with van der Waals surface area (Å²) in [4.78, 5) is 0. The van der Waals surface area contributed by atoms with Gasteiger partial charge in [-0.1, -0.05) is 65.5 Å². The Hall–Kier alpha value is -2.02. The van der Waals surface area contributed by atoms with Gasteiger partial charge in [0.05, 0.1) is 0 Å². The lowest BCUT2D eigenvalue weighted by Crippen LogP contribution is -2.55. The molecular formula is C18H9B5. The van der Waals surface area contributed by atoms with Gasteiger partial charge in [0.25, 0.3) is 0 Å². The van der Waals surface area contributed by atoms with Crippen LogP contribution in [0.5, 0.6) is 0 Å². The Morgan fingerprint density at radius 1 is 0.391 bits per heavy atom. The average molecular weight is 279 g/mol. The second-order valence-corrected chi connectivity index (χ2v) is 5.39. The van der Waals surface area contributed by atoms with Crippen LogP contribution in [0.3, 0.4) is 0 Å². The predicted octanol–water partition coefficient (Wildman–Crippen LogP) is -1.01. The second-order valence-electron chi connectivity index (χ2n) is 5.39.